The summed E-state index contributed by atoms with van der Waals surface area (Å²) in [5, 5.41) is 0. The summed E-state index contributed by atoms with van der Waals surface area (Å²) in [6.07, 6.45) is 4.02. The molecule has 2 aliphatic rings. The predicted molar refractivity (Wildman–Crippen MR) is 160 cm³/mol. The highest BCUT2D eigenvalue weighted by Crippen LogP contribution is 2.62. The van der Waals surface area contributed by atoms with Crippen LogP contribution < -0.4 is 0 Å². The lowest BCUT2D eigenvalue weighted by molar-refractivity contribution is 0.794. The van der Waals surface area contributed by atoms with Crippen molar-refractivity contribution in [2.45, 2.75) is 26.2 Å². The molecule has 1 heterocycles. The molecule has 0 amide bonds. The highest BCUT2D eigenvalue weighted by Gasteiger charge is 2.51. The van der Waals surface area contributed by atoms with Gasteiger partial charge in [0.15, 0.2) is 0 Å². The van der Waals surface area contributed by atoms with Gasteiger partial charge in [0.25, 0.3) is 0 Å². The van der Waals surface area contributed by atoms with E-state index in [0.29, 0.717) is 0 Å². The molecule has 2 heteroatoms. The molecule has 0 saturated carbocycles. The Labute approximate surface area is 229 Å². The molecular formula is C37H28N2. The summed E-state index contributed by atoms with van der Waals surface area (Å²) in [7, 11) is 0. The minimum absolute atomic E-state index is 0.345. The number of nitrogens with zero attached hydrogens (tertiary/aromatic N) is 2. The van der Waals surface area contributed by atoms with Gasteiger partial charge in [-0.2, -0.15) is 0 Å². The summed E-state index contributed by atoms with van der Waals surface area (Å²) in [4.78, 5) is 4.91. The van der Waals surface area contributed by atoms with Gasteiger partial charge in [-0.25, -0.2) is 4.98 Å². The fraction of sp³-hybridized carbons (Fsp3) is 0.108. The molecule has 1 spiro atoms. The van der Waals surface area contributed by atoms with Gasteiger partial charge in [-0.3, -0.25) is 4.57 Å². The van der Waals surface area contributed by atoms with Crippen LogP contribution in [0.15, 0.2) is 116 Å². The smallest absolute Gasteiger partial charge is 0.144 e. The van der Waals surface area contributed by atoms with Gasteiger partial charge in [0, 0.05) is 18.0 Å². The van der Waals surface area contributed by atoms with Crippen molar-refractivity contribution in [3.63, 3.8) is 0 Å². The van der Waals surface area contributed by atoms with Gasteiger partial charge >= 0.3 is 0 Å². The van der Waals surface area contributed by atoms with E-state index < -0.39 is 0 Å². The van der Waals surface area contributed by atoms with E-state index in [9.17, 15) is 0 Å². The van der Waals surface area contributed by atoms with Gasteiger partial charge in [-0.15, -0.1) is 0 Å². The molecular weight excluding hydrogens is 472 g/mol. The Morgan fingerprint density at radius 1 is 0.564 bits per heavy atom. The van der Waals surface area contributed by atoms with E-state index >= 15 is 0 Å². The van der Waals surface area contributed by atoms with Crippen LogP contribution in [0.4, 0.5) is 0 Å². The molecule has 39 heavy (non-hydrogen) atoms. The third-order valence-corrected chi connectivity index (χ3v) is 8.77. The molecule has 0 bridgehead atoms. The number of hydrogen-bond donors (Lipinski definition) is 0. The zero-order chi connectivity index (χ0) is 26.3. The third-order valence-electron chi connectivity index (χ3n) is 8.77. The Morgan fingerprint density at radius 3 is 1.64 bits per heavy atom. The number of rotatable bonds is 2. The zero-order valence-corrected chi connectivity index (χ0v) is 22.4. The van der Waals surface area contributed by atoms with Gasteiger partial charge in [-0.05, 0) is 82.5 Å². The van der Waals surface area contributed by atoms with Gasteiger partial charge in [0.05, 0.1) is 11.1 Å². The Morgan fingerprint density at radius 2 is 1.08 bits per heavy atom. The average Bonchev–Trinajstić information content (AvgIpc) is 3.62. The monoisotopic (exact) mass is 500 g/mol. The van der Waals surface area contributed by atoms with E-state index in [1.54, 1.807) is 0 Å². The standard InChI is InChI=1S/C37H28N2/c1-23-20-24(2)35(25(3)21-23)39-19-18-38-36(39)26-16-17-30-29-12-6-9-15-33(29)37(34(30)22-26)31-13-7-4-10-27(31)28-11-5-8-14-32(28)37/h4-22H,1-3H3. The Balaban J connectivity index is 1.43. The van der Waals surface area contributed by atoms with Gasteiger partial charge in [-0.1, -0.05) is 103 Å². The highest BCUT2D eigenvalue weighted by molar-refractivity contribution is 5.95. The number of hydrogen-bond acceptors (Lipinski definition) is 1. The third kappa shape index (κ3) is 2.84. The second kappa shape index (κ2) is 7.91. The largest absolute Gasteiger partial charge is 0.299 e. The maximum absolute atomic E-state index is 4.91. The average molecular weight is 501 g/mol. The van der Waals surface area contributed by atoms with Crippen LogP contribution in [0.25, 0.3) is 39.3 Å². The van der Waals surface area contributed by atoms with Crippen LogP contribution in [0.5, 0.6) is 0 Å². The number of benzene rings is 5. The Kier molecular flexibility index (Phi) is 4.52. The minimum Gasteiger partial charge on any atom is -0.299 e. The summed E-state index contributed by atoms with van der Waals surface area (Å²) in [6.45, 7) is 6.55. The molecule has 0 atom stereocenters. The van der Waals surface area contributed by atoms with Gasteiger partial charge < -0.3 is 0 Å². The van der Waals surface area contributed by atoms with Crippen molar-refractivity contribution in [2.24, 2.45) is 0 Å². The van der Waals surface area contributed by atoms with Crippen LogP contribution in [-0.4, -0.2) is 9.55 Å². The van der Waals surface area contributed by atoms with Crippen molar-refractivity contribution >= 4 is 0 Å². The van der Waals surface area contributed by atoms with Crippen molar-refractivity contribution < 1.29 is 0 Å². The molecule has 2 aliphatic carbocycles. The SMILES string of the molecule is Cc1cc(C)c(-n2ccnc2-c2ccc3c(c2)C2(c4ccccc4-c4ccccc42)c2ccccc2-3)c(C)c1. The van der Waals surface area contributed by atoms with E-state index in [0.717, 1.165) is 11.4 Å². The van der Waals surface area contributed by atoms with Crippen molar-refractivity contribution in [3.8, 4) is 39.3 Å². The first kappa shape index (κ1) is 22.3. The fourth-order valence-corrected chi connectivity index (χ4v) is 7.48. The van der Waals surface area contributed by atoms with Crippen LogP contribution in [0.3, 0.4) is 0 Å². The molecule has 0 N–H and O–H groups in total. The summed E-state index contributed by atoms with van der Waals surface area (Å²) in [6, 6.07) is 38.4. The molecule has 0 saturated heterocycles. The second-order valence-corrected chi connectivity index (χ2v) is 11.0. The molecule has 2 nitrogen and oxygen atoms in total. The quantitative estimate of drug-likeness (QED) is 0.232. The summed E-state index contributed by atoms with van der Waals surface area (Å²) in [5.41, 5.74) is 16.5. The molecule has 0 radical (unpaired) electrons. The van der Waals surface area contributed by atoms with Crippen LogP contribution in [0, 0.1) is 20.8 Å². The first-order valence-electron chi connectivity index (χ1n) is 13.6. The molecule has 6 aromatic rings. The molecule has 1 aromatic heterocycles. The van der Waals surface area contributed by atoms with Crippen molar-refractivity contribution in [1.82, 2.24) is 9.55 Å². The van der Waals surface area contributed by atoms with Crippen LogP contribution in [0.1, 0.15) is 38.9 Å². The fourth-order valence-electron chi connectivity index (χ4n) is 7.48. The second-order valence-electron chi connectivity index (χ2n) is 11.0. The van der Waals surface area contributed by atoms with Crippen LogP contribution >= 0.6 is 0 Å². The van der Waals surface area contributed by atoms with Gasteiger partial charge in [0.2, 0.25) is 0 Å². The minimum atomic E-state index is -0.345. The molecule has 0 aliphatic heterocycles. The Bertz CT molecular complexity index is 1870. The van der Waals surface area contributed by atoms with Crippen LogP contribution in [-0.2, 0) is 5.41 Å². The number of aromatic nitrogens is 2. The van der Waals surface area contributed by atoms with E-state index in [1.807, 2.05) is 6.20 Å². The number of aryl methyl sites for hydroxylation is 3. The van der Waals surface area contributed by atoms with E-state index in [1.165, 1.54) is 66.9 Å². The maximum Gasteiger partial charge on any atom is 0.144 e. The topological polar surface area (TPSA) is 17.8 Å². The van der Waals surface area contributed by atoms with E-state index in [4.69, 9.17) is 4.98 Å². The maximum atomic E-state index is 4.91. The summed E-state index contributed by atoms with van der Waals surface area (Å²) < 4.78 is 2.26. The molecule has 186 valence electrons. The van der Waals surface area contributed by atoms with Gasteiger partial charge in [0.1, 0.15) is 5.82 Å². The summed E-state index contributed by atoms with van der Waals surface area (Å²) >= 11 is 0. The first-order chi connectivity index (χ1) is 19.1. The molecule has 0 fully saturated rings. The molecule has 5 aromatic carbocycles. The zero-order valence-electron chi connectivity index (χ0n) is 22.4. The Hall–Kier alpha value is -4.69. The normalized spacial score (nSPS) is 13.7. The lowest BCUT2D eigenvalue weighted by atomic mass is 9.70. The van der Waals surface area contributed by atoms with E-state index in [2.05, 4.69) is 135 Å². The summed E-state index contributed by atoms with van der Waals surface area (Å²) in [5.74, 6) is 0.971. The first-order valence-corrected chi connectivity index (χ1v) is 13.6. The molecule has 8 rings (SSSR count). The highest BCUT2D eigenvalue weighted by atomic mass is 15.1. The molecule has 0 unspecified atom stereocenters. The lowest BCUT2D eigenvalue weighted by Gasteiger charge is -2.30. The number of fused-ring (bicyclic) bond motifs is 10. The number of imidazole rings is 1. The van der Waals surface area contributed by atoms with Crippen molar-refractivity contribution in [1.29, 1.82) is 0 Å². The van der Waals surface area contributed by atoms with Crippen molar-refractivity contribution in [2.75, 3.05) is 0 Å². The van der Waals surface area contributed by atoms with E-state index in [-0.39, 0.29) is 5.41 Å². The van der Waals surface area contributed by atoms with Crippen LogP contribution in [0.2, 0.25) is 0 Å². The van der Waals surface area contributed by atoms with Crippen molar-refractivity contribution in [3.05, 3.63) is 154 Å². The lowest BCUT2D eigenvalue weighted by Crippen LogP contribution is -2.25. The predicted octanol–water partition coefficient (Wildman–Crippen LogP) is 8.81.